The van der Waals surface area contributed by atoms with Gasteiger partial charge < -0.3 is 16.2 Å². The van der Waals surface area contributed by atoms with Crippen LogP contribution in [0.3, 0.4) is 0 Å². The van der Waals surface area contributed by atoms with Gasteiger partial charge in [0.2, 0.25) is 5.88 Å². The Kier molecular flexibility index (Phi) is 6.91. The zero-order valence-electron chi connectivity index (χ0n) is 12.7. The molecule has 4 N–H and O–H groups in total. The van der Waals surface area contributed by atoms with Crippen molar-refractivity contribution in [2.75, 3.05) is 5.73 Å². The van der Waals surface area contributed by atoms with E-state index in [9.17, 15) is 9.18 Å². The van der Waals surface area contributed by atoms with Crippen LogP contribution in [0.1, 0.15) is 62.7 Å². The summed E-state index contributed by atoms with van der Waals surface area (Å²) >= 11 is 0. The van der Waals surface area contributed by atoms with E-state index in [1.807, 2.05) is 0 Å². The van der Waals surface area contributed by atoms with Crippen molar-refractivity contribution in [3.8, 4) is 5.88 Å². The fraction of sp³-hybridized carbons (Fsp3) is 0.600. The second-order valence-electron chi connectivity index (χ2n) is 5.36. The van der Waals surface area contributed by atoms with Crippen molar-refractivity contribution in [2.45, 2.75) is 58.5 Å². The normalized spacial score (nSPS) is 14.3. The van der Waals surface area contributed by atoms with E-state index in [-0.39, 0.29) is 23.4 Å². The highest BCUT2D eigenvalue weighted by molar-refractivity contribution is 5.95. The van der Waals surface area contributed by atoms with E-state index in [0.29, 0.717) is 0 Å². The van der Waals surface area contributed by atoms with Gasteiger partial charge in [0.05, 0.1) is 6.10 Å². The highest BCUT2D eigenvalue weighted by Gasteiger charge is 2.16. The summed E-state index contributed by atoms with van der Waals surface area (Å²) in [5.41, 5.74) is 10.2. The first-order valence-electron chi connectivity index (χ1n) is 7.34. The number of pyridine rings is 1. The molecule has 1 aliphatic carbocycles. The Morgan fingerprint density at radius 1 is 1.24 bits per heavy atom. The molecule has 1 amide bonds. The number of ether oxygens (including phenoxy) is 1. The van der Waals surface area contributed by atoms with Crippen molar-refractivity contribution < 1.29 is 13.9 Å². The number of nitrogen functional groups attached to an aromatic ring is 1. The van der Waals surface area contributed by atoms with Crippen LogP contribution in [0.5, 0.6) is 5.88 Å². The topological polar surface area (TPSA) is 91.2 Å². The largest absolute Gasteiger partial charge is 0.474 e. The maximum Gasteiger partial charge on any atom is 0.254 e. The maximum atomic E-state index is 13.0. The lowest BCUT2D eigenvalue weighted by Crippen LogP contribution is -2.18. The lowest BCUT2D eigenvalue weighted by atomic mass is 10.0. The lowest BCUT2D eigenvalue weighted by molar-refractivity contribution is 0.0993. The molecule has 0 bridgehead atoms. The molecule has 1 aliphatic rings. The van der Waals surface area contributed by atoms with Crippen molar-refractivity contribution in [1.29, 1.82) is 0 Å². The second-order valence-corrected chi connectivity index (χ2v) is 5.36. The summed E-state index contributed by atoms with van der Waals surface area (Å²) in [4.78, 5) is 14.6. The van der Waals surface area contributed by atoms with Crippen molar-refractivity contribution in [1.82, 2.24) is 4.98 Å². The van der Waals surface area contributed by atoms with Crippen molar-refractivity contribution >= 4 is 11.7 Å². The minimum atomic E-state index is -0.808. The molecule has 21 heavy (non-hydrogen) atoms. The average molecular weight is 297 g/mol. The first-order valence-corrected chi connectivity index (χ1v) is 7.34. The van der Waals surface area contributed by atoms with Crippen LogP contribution in [0, 0.1) is 5.82 Å². The van der Waals surface area contributed by atoms with Gasteiger partial charge in [0.15, 0.2) is 11.6 Å². The first kappa shape index (κ1) is 17.2. The number of amides is 1. The van der Waals surface area contributed by atoms with E-state index >= 15 is 0 Å². The molecule has 118 valence electrons. The summed E-state index contributed by atoms with van der Waals surface area (Å²) in [7, 11) is 0. The zero-order chi connectivity index (χ0) is 15.8. The molecule has 0 radical (unpaired) electrons. The number of aromatic nitrogens is 1. The standard InChI is InChI=1S/C9H12FN3O2.C6H12/c1-4(2)15-9-5(8(12)14)3-6(10)7(11)13-9;1-2-4-6-5-3-1/h3-4H,1-2H3,(H2,11,13)(H2,12,14);1-6H2. The molecule has 0 unspecified atom stereocenters. The monoisotopic (exact) mass is 297 g/mol. The summed E-state index contributed by atoms with van der Waals surface area (Å²) < 4.78 is 18.2. The van der Waals surface area contributed by atoms with Crippen LogP contribution in [0.25, 0.3) is 0 Å². The number of nitrogens with two attached hydrogens (primary N) is 2. The molecule has 1 fully saturated rings. The molecular weight excluding hydrogens is 273 g/mol. The van der Waals surface area contributed by atoms with Gasteiger partial charge in [-0.05, 0) is 19.9 Å². The third-order valence-corrected chi connectivity index (χ3v) is 3.08. The second kappa shape index (κ2) is 8.44. The Hall–Kier alpha value is -1.85. The van der Waals surface area contributed by atoms with E-state index < -0.39 is 11.7 Å². The van der Waals surface area contributed by atoms with Gasteiger partial charge in [0.1, 0.15) is 5.56 Å². The minimum absolute atomic E-state index is 0.0450. The molecule has 1 heterocycles. The average Bonchev–Trinajstić information content (AvgIpc) is 2.44. The third kappa shape index (κ3) is 5.97. The Balaban J connectivity index is 0.000000304. The number of hydrogen-bond acceptors (Lipinski definition) is 4. The molecule has 0 saturated heterocycles. The van der Waals surface area contributed by atoms with Crippen molar-refractivity contribution in [3.63, 3.8) is 0 Å². The predicted molar refractivity (Wildman–Crippen MR) is 80.6 cm³/mol. The number of hydrogen-bond donors (Lipinski definition) is 2. The molecule has 1 saturated carbocycles. The molecule has 0 aromatic carbocycles. The van der Waals surface area contributed by atoms with Crippen molar-refractivity contribution in [2.24, 2.45) is 5.73 Å². The minimum Gasteiger partial charge on any atom is -0.474 e. The number of halogens is 1. The Morgan fingerprint density at radius 2 is 1.71 bits per heavy atom. The van der Waals surface area contributed by atoms with Crippen LogP contribution in [0.15, 0.2) is 6.07 Å². The summed E-state index contributed by atoms with van der Waals surface area (Å²) in [5, 5.41) is 0. The third-order valence-electron chi connectivity index (χ3n) is 3.08. The van der Waals surface area contributed by atoms with Gasteiger partial charge in [0.25, 0.3) is 5.91 Å². The Bertz CT molecular complexity index is 463. The van der Waals surface area contributed by atoms with Gasteiger partial charge in [-0.15, -0.1) is 0 Å². The quantitative estimate of drug-likeness (QED) is 0.897. The molecule has 6 heteroatoms. The van der Waals surface area contributed by atoms with Crippen LogP contribution >= 0.6 is 0 Å². The van der Waals surface area contributed by atoms with E-state index in [1.165, 1.54) is 38.5 Å². The number of nitrogens with zero attached hydrogens (tertiary/aromatic N) is 1. The zero-order valence-corrected chi connectivity index (χ0v) is 12.7. The number of carbonyl (C=O) groups is 1. The van der Waals surface area contributed by atoms with E-state index in [2.05, 4.69) is 4.98 Å². The fourth-order valence-electron chi connectivity index (χ4n) is 2.04. The van der Waals surface area contributed by atoms with E-state index in [1.54, 1.807) is 13.8 Å². The SMILES string of the molecule is C1CCCCC1.CC(C)Oc1nc(N)c(F)cc1C(N)=O. The first-order chi connectivity index (χ1) is 9.91. The number of rotatable bonds is 3. The Labute approximate surface area is 124 Å². The molecule has 5 nitrogen and oxygen atoms in total. The van der Waals surface area contributed by atoms with Crippen LogP contribution < -0.4 is 16.2 Å². The van der Waals surface area contributed by atoms with Gasteiger partial charge in [-0.25, -0.2) is 4.39 Å². The fourth-order valence-corrected chi connectivity index (χ4v) is 2.04. The molecule has 0 atom stereocenters. The van der Waals surface area contributed by atoms with Gasteiger partial charge in [-0.2, -0.15) is 4.98 Å². The lowest BCUT2D eigenvalue weighted by Gasteiger charge is -2.12. The summed E-state index contributed by atoms with van der Waals surface area (Å²) in [6.45, 7) is 3.48. The summed E-state index contributed by atoms with van der Waals surface area (Å²) in [6.07, 6.45) is 8.79. The molecule has 1 aromatic heterocycles. The van der Waals surface area contributed by atoms with E-state index in [0.717, 1.165) is 6.07 Å². The maximum absolute atomic E-state index is 13.0. The highest BCUT2D eigenvalue weighted by atomic mass is 19.1. The summed E-state index contributed by atoms with van der Waals surface area (Å²) in [6, 6.07) is 0.919. The smallest absolute Gasteiger partial charge is 0.254 e. The van der Waals surface area contributed by atoms with Gasteiger partial charge in [0, 0.05) is 0 Å². The molecule has 0 spiro atoms. The summed E-state index contributed by atoms with van der Waals surface area (Å²) in [5.74, 6) is -1.97. The molecule has 1 aromatic rings. The molecule has 0 aliphatic heterocycles. The van der Waals surface area contributed by atoms with E-state index in [4.69, 9.17) is 16.2 Å². The van der Waals surface area contributed by atoms with Crippen LogP contribution in [0.2, 0.25) is 0 Å². The Morgan fingerprint density at radius 3 is 2.10 bits per heavy atom. The highest BCUT2D eigenvalue weighted by Crippen LogP contribution is 2.21. The molecule has 2 rings (SSSR count). The van der Waals surface area contributed by atoms with Gasteiger partial charge >= 0.3 is 0 Å². The van der Waals surface area contributed by atoms with Gasteiger partial charge in [-0.3, -0.25) is 4.79 Å². The van der Waals surface area contributed by atoms with Crippen LogP contribution in [-0.4, -0.2) is 17.0 Å². The number of carbonyl (C=O) groups excluding carboxylic acids is 1. The predicted octanol–water partition coefficient (Wildman–Crippen LogP) is 3.03. The van der Waals surface area contributed by atoms with Crippen LogP contribution in [-0.2, 0) is 0 Å². The molecular formula is C15H24FN3O2. The van der Waals surface area contributed by atoms with Crippen LogP contribution in [0.4, 0.5) is 10.2 Å². The number of anilines is 1. The number of primary amides is 1. The van der Waals surface area contributed by atoms with Gasteiger partial charge in [-0.1, -0.05) is 38.5 Å². The van der Waals surface area contributed by atoms with Crippen molar-refractivity contribution in [3.05, 3.63) is 17.4 Å².